The molecular formula is C22H20N4O5S. The second-order valence-corrected chi connectivity index (χ2v) is 8.73. The van der Waals surface area contributed by atoms with Gasteiger partial charge in [-0.05, 0) is 19.4 Å². The van der Waals surface area contributed by atoms with Gasteiger partial charge in [0.05, 0.1) is 17.8 Å². The molecule has 0 amide bonds. The average Bonchev–Trinajstić information content (AvgIpc) is 3.24. The lowest BCUT2D eigenvalue weighted by atomic mass is 10.1. The van der Waals surface area contributed by atoms with Crippen LogP contribution >= 0.6 is 0 Å². The van der Waals surface area contributed by atoms with Gasteiger partial charge in [-0.3, -0.25) is 4.31 Å². The fourth-order valence-electron chi connectivity index (χ4n) is 3.01. The SMILES string of the molecule is CC1=NS(=O)(=O)N(Cc2ccccc2)C=C1C(=O)OCc1nc(-c2ccc(C)cc2)no1. The minimum atomic E-state index is -3.94. The normalized spacial score (nSPS) is 15.1. The van der Waals surface area contributed by atoms with Gasteiger partial charge in [-0.15, -0.1) is 4.40 Å². The van der Waals surface area contributed by atoms with E-state index in [1.54, 1.807) is 24.3 Å². The highest BCUT2D eigenvalue weighted by molar-refractivity contribution is 7.88. The van der Waals surface area contributed by atoms with E-state index in [1.807, 2.05) is 37.3 Å². The summed E-state index contributed by atoms with van der Waals surface area (Å²) in [6.07, 6.45) is 1.23. The summed E-state index contributed by atoms with van der Waals surface area (Å²) >= 11 is 0. The molecule has 1 aliphatic heterocycles. The van der Waals surface area contributed by atoms with Crippen LogP contribution in [0.2, 0.25) is 0 Å². The molecule has 0 saturated carbocycles. The zero-order valence-electron chi connectivity index (χ0n) is 17.4. The molecule has 10 heteroatoms. The summed E-state index contributed by atoms with van der Waals surface area (Å²) in [4.78, 5) is 16.9. The zero-order valence-corrected chi connectivity index (χ0v) is 18.2. The molecule has 3 aromatic rings. The van der Waals surface area contributed by atoms with Gasteiger partial charge < -0.3 is 9.26 Å². The number of carbonyl (C=O) groups excluding carboxylic acids is 1. The molecule has 0 unspecified atom stereocenters. The molecule has 0 fully saturated rings. The summed E-state index contributed by atoms with van der Waals surface area (Å²) in [6.45, 7) is 3.20. The Labute approximate surface area is 185 Å². The summed E-state index contributed by atoms with van der Waals surface area (Å²) in [5.74, 6) is -0.242. The van der Waals surface area contributed by atoms with Crippen LogP contribution in [0.1, 0.15) is 23.9 Å². The molecule has 9 nitrogen and oxygen atoms in total. The zero-order chi connectivity index (χ0) is 22.7. The van der Waals surface area contributed by atoms with Crippen molar-refractivity contribution in [3.63, 3.8) is 0 Å². The maximum atomic E-state index is 12.6. The van der Waals surface area contributed by atoms with Crippen LogP contribution in [0.25, 0.3) is 11.4 Å². The number of carbonyl (C=O) groups is 1. The third-order valence-electron chi connectivity index (χ3n) is 4.72. The first kappa shape index (κ1) is 21.4. The molecular weight excluding hydrogens is 432 g/mol. The quantitative estimate of drug-likeness (QED) is 0.528. The number of hydrogen-bond donors (Lipinski definition) is 0. The minimum absolute atomic E-state index is 0.0361. The highest BCUT2D eigenvalue weighted by Gasteiger charge is 2.29. The number of aryl methyl sites for hydroxylation is 1. The van der Waals surface area contributed by atoms with Crippen LogP contribution in [0, 0.1) is 6.92 Å². The summed E-state index contributed by atoms with van der Waals surface area (Å²) in [5.41, 5.74) is 2.72. The minimum Gasteiger partial charge on any atom is -0.452 e. The predicted molar refractivity (Wildman–Crippen MR) is 116 cm³/mol. The van der Waals surface area contributed by atoms with Crippen molar-refractivity contribution in [1.29, 1.82) is 0 Å². The second-order valence-electron chi connectivity index (χ2n) is 7.18. The van der Waals surface area contributed by atoms with Gasteiger partial charge in [-0.2, -0.15) is 13.4 Å². The first-order valence-corrected chi connectivity index (χ1v) is 11.1. The lowest BCUT2D eigenvalue weighted by molar-refractivity contribution is -0.140. The van der Waals surface area contributed by atoms with Crippen molar-refractivity contribution in [2.75, 3.05) is 0 Å². The lowest BCUT2D eigenvalue weighted by Gasteiger charge is -2.23. The number of nitrogens with zero attached hydrogens (tertiary/aromatic N) is 4. The average molecular weight is 452 g/mol. The van der Waals surface area contributed by atoms with Crippen molar-refractivity contribution in [1.82, 2.24) is 14.4 Å². The van der Waals surface area contributed by atoms with E-state index < -0.39 is 16.2 Å². The molecule has 4 rings (SSSR count). The molecule has 0 saturated heterocycles. The van der Waals surface area contributed by atoms with Gasteiger partial charge in [0.2, 0.25) is 5.82 Å². The van der Waals surface area contributed by atoms with E-state index in [0.29, 0.717) is 5.82 Å². The van der Waals surface area contributed by atoms with Gasteiger partial charge in [0.25, 0.3) is 5.89 Å². The Morgan fingerprint density at radius 2 is 1.78 bits per heavy atom. The van der Waals surface area contributed by atoms with Crippen molar-refractivity contribution >= 4 is 21.9 Å². The molecule has 2 aromatic carbocycles. The Balaban J connectivity index is 1.46. The Hall–Kier alpha value is -3.79. The van der Waals surface area contributed by atoms with Crippen molar-refractivity contribution in [2.24, 2.45) is 4.40 Å². The van der Waals surface area contributed by atoms with Crippen LogP contribution < -0.4 is 0 Å². The predicted octanol–water partition coefficient (Wildman–Crippen LogP) is 3.19. The topological polar surface area (TPSA) is 115 Å². The Morgan fingerprint density at radius 3 is 2.50 bits per heavy atom. The number of esters is 1. The molecule has 1 aromatic heterocycles. The van der Waals surface area contributed by atoms with Gasteiger partial charge in [0, 0.05) is 11.8 Å². The molecule has 0 aliphatic carbocycles. The van der Waals surface area contributed by atoms with Crippen molar-refractivity contribution in [3.05, 3.63) is 83.4 Å². The van der Waals surface area contributed by atoms with Crippen LogP contribution in [0.3, 0.4) is 0 Å². The third kappa shape index (κ3) is 4.75. The van der Waals surface area contributed by atoms with Gasteiger partial charge in [-0.1, -0.05) is 65.3 Å². The molecule has 0 atom stereocenters. The molecule has 0 N–H and O–H groups in total. The van der Waals surface area contributed by atoms with Gasteiger partial charge in [0.15, 0.2) is 6.61 Å². The van der Waals surface area contributed by atoms with Crippen molar-refractivity contribution in [2.45, 2.75) is 27.0 Å². The fraction of sp³-hybridized carbons (Fsp3) is 0.182. The monoisotopic (exact) mass is 452 g/mol. The molecule has 1 aliphatic rings. The molecule has 0 bridgehead atoms. The summed E-state index contributed by atoms with van der Waals surface area (Å²) in [6, 6.07) is 16.6. The van der Waals surface area contributed by atoms with E-state index in [1.165, 1.54) is 13.1 Å². The van der Waals surface area contributed by atoms with E-state index in [4.69, 9.17) is 9.26 Å². The largest absolute Gasteiger partial charge is 0.452 e. The van der Waals surface area contributed by atoms with Crippen molar-refractivity contribution < 1.29 is 22.5 Å². The highest BCUT2D eigenvalue weighted by Crippen LogP contribution is 2.21. The Bertz CT molecular complexity index is 1300. The van der Waals surface area contributed by atoms with Gasteiger partial charge >= 0.3 is 16.2 Å². The molecule has 164 valence electrons. The first-order valence-electron chi connectivity index (χ1n) is 9.73. The fourth-order valence-corrected chi connectivity index (χ4v) is 4.11. The number of benzene rings is 2. The van der Waals surface area contributed by atoms with Gasteiger partial charge in [0.1, 0.15) is 0 Å². The molecule has 2 heterocycles. The van der Waals surface area contributed by atoms with Crippen LogP contribution in [0.15, 0.2) is 75.3 Å². The van der Waals surface area contributed by atoms with E-state index in [-0.39, 0.29) is 30.3 Å². The number of aromatic nitrogens is 2. The van der Waals surface area contributed by atoms with Crippen molar-refractivity contribution in [3.8, 4) is 11.4 Å². The lowest BCUT2D eigenvalue weighted by Crippen LogP contribution is -2.31. The number of rotatable bonds is 6. The second kappa shape index (κ2) is 8.75. The van der Waals surface area contributed by atoms with Crippen LogP contribution in [-0.2, 0) is 32.9 Å². The maximum Gasteiger partial charge on any atom is 0.344 e. The van der Waals surface area contributed by atoms with E-state index in [9.17, 15) is 13.2 Å². The Morgan fingerprint density at radius 1 is 1.06 bits per heavy atom. The standard InChI is InChI=1S/C22H20N4O5S/c1-15-8-10-18(11-9-15)21-23-20(31-24-21)14-30-22(27)19-13-26(32(28,29)25-16(19)2)12-17-6-4-3-5-7-17/h3-11,13H,12,14H2,1-2H3. The number of ether oxygens (including phenoxy) is 1. The van der Waals surface area contributed by atoms with E-state index in [2.05, 4.69) is 14.5 Å². The maximum absolute atomic E-state index is 12.6. The summed E-state index contributed by atoms with van der Waals surface area (Å²) in [7, 11) is -3.94. The first-order chi connectivity index (χ1) is 15.3. The van der Waals surface area contributed by atoms with E-state index >= 15 is 0 Å². The Kier molecular flexibility index (Phi) is 5.87. The highest BCUT2D eigenvalue weighted by atomic mass is 32.2. The molecule has 0 radical (unpaired) electrons. The van der Waals surface area contributed by atoms with E-state index in [0.717, 1.165) is 21.0 Å². The van der Waals surface area contributed by atoms with Crippen LogP contribution in [-0.4, -0.2) is 34.5 Å². The molecule has 32 heavy (non-hydrogen) atoms. The number of hydrogen-bond acceptors (Lipinski definition) is 7. The summed E-state index contributed by atoms with van der Waals surface area (Å²) in [5, 5.41) is 3.90. The summed E-state index contributed by atoms with van der Waals surface area (Å²) < 4.78 is 39.9. The molecule has 0 spiro atoms. The van der Waals surface area contributed by atoms with Crippen LogP contribution in [0.5, 0.6) is 0 Å². The van der Waals surface area contributed by atoms with Gasteiger partial charge in [-0.25, -0.2) is 4.79 Å². The van der Waals surface area contributed by atoms with Crippen LogP contribution in [0.4, 0.5) is 0 Å². The smallest absolute Gasteiger partial charge is 0.344 e. The third-order valence-corrected chi connectivity index (χ3v) is 6.05.